The summed E-state index contributed by atoms with van der Waals surface area (Å²) in [5.41, 5.74) is 2.97. The minimum Gasteiger partial charge on any atom is -0.342 e. The standard InChI is InChI=1S/C23H30N2O3S/c1-18-4-8-21(9-5-18)16-25(17-23(26)24-14-12-20(3)13-15-24)29(27,28)22-10-6-19(2)7-11-22/h4-11,20H,12-17H2,1-3H3. The van der Waals surface area contributed by atoms with Crippen LogP contribution >= 0.6 is 0 Å². The molecular formula is C23H30N2O3S. The fourth-order valence-corrected chi connectivity index (χ4v) is 4.87. The van der Waals surface area contributed by atoms with Gasteiger partial charge in [0.25, 0.3) is 0 Å². The molecule has 3 rings (SSSR count). The summed E-state index contributed by atoms with van der Waals surface area (Å²) < 4.78 is 28.0. The third-order valence-corrected chi connectivity index (χ3v) is 7.39. The third kappa shape index (κ3) is 5.46. The van der Waals surface area contributed by atoms with Crippen molar-refractivity contribution in [3.05, 3.63) is 65.2 Å². The summed E-state index contributed by atoms with van der Waals surface area (Å²) in [6, 6.07) is 14.5. The van der Waals surface area contributed by atoms with Crippen LogP contribution in [0.4, 0.5) is 0 Å². The second kappa shape index (κ2) is 9.09. The molecule has 0 radical (unpaired) electrons. The first-order valence-corrected chi connectivity index (χ1v) is 11.6. The lowest BCUT2D eigenvalue weighted by Gasteiger charge is -2.32. The Morgan fingerprint density at radius 1 is 0.966 bits per heavy atom. The van der Waals surface area contributed by atoms with Crippen molar-refractivity contribution in [1.29, 1.82) is 0 Å². The van der Waals surface area contributed by atoms with Crippen LogP contribution in [0.25, 0.3) is 0 Å². The van der Waals surface area contributed by atoms with Crippen LogP contribution in [0.15, 0.2) is 53.4 Å². The molecule has 0 saturated carbocycles. The molecule has 0 unspecified atom stereocenters. The SMILES string of the molecule is Cc1ccc(CN(CC(=O)N2CCC(C)CC2)S(=O)(=O)c2ccc(C)cc2)cc1. The van der Waals surface area contributed by atoms with Crippen molar-refractivity contribution in [2.75, 3.05) is 19.6 Å². The Balaban J connectivity index is 1.85. The molecule has 0 atom stereocenters. The van der Waals surface area contributed by atoms with Gasteiger partial charge < -0.3 is 4.90 Å². The predicted octanol–water partition coefficient (Wildman–Crippen LogP) is 3.75. The second-order valence-corrected chi connectivity index (χ2v) is 10.1. The van der Waals surface area contributed by atoms with Crippen molar-refractivity contribution in [1.82, 2.24) is 9.21 Å². The number of rotatable bonds is 6. The molecule has 1 amide bonds. The van der Waals surface area contributed by atoms with E-state index in [1.165, 1.54) is 4.31 Å². The number of piperidine rings is 1. The van der Waals surface area contributed by atoms with E-state index in [-0.39, 0.29) is 23.9 Å². The van der Waals surface area contributed by atoms with Gasteiger partial charge in [0, 0.05) is 19.6 Å². The van der Waals surface area contributed by atoms with Gasteiger partial charge in [0.05, 0.1) is 11.4 Å². The van der Waals surface area contributed by atoms with Crippen molar-refractivity contribution >= 4 is 15.9 Å². The monoisotopic (exact) mass is 414 g/mol. The van der Waals surface area contributed by atoms with Gasteiger partial charge in [-0.25, -0.2) is 8.42 Å². The number of nitrogens with zero attached hydrogens (tertiary/aromatic N) is 2. The number of benzene rings is 2. The quantitative estimate of drug-likeness (QED) is 0.723. The first-order chi connectivity index (χ1) is 13.8. The molecule has 0 aliphatic carbocycles. The average Bonchev–Trinajstić information content (AvgIpc) is 2.70. The van der Waals surface area contributed by atoms with E-state index in [0.29, 0.717) is 19.0 Å². The maximum atomic E-state index is 13.3. The van der Waals surface area contributed by atoms with Crippen molar-refractivity contribution in [2.24, 2.45) is 5.92 Å². The number of hydrogen-bond donors (Lipinski definition) is 0. The van der Waals surface area contributed by atoms with Crippen LogP contribution in [-0.4, -0.2) is 43.2 Å². The van der Waals surface area contributed by atoms with Crippen molar-refractivity contribution < 1.29 is 13.2 Å². The Kier molecular flexibility index (Phi) is 6.75. The second-order valence-electron chi connectivity index (χ2n) is 8.14. The van der Waals surface area contributed by atoms with Gasteiger partial charge in [-0.2, -0.15) is 4.31 Å². The molecule has 0 bridgehead atoms. The number of aryl methyl sites for hydroxylation is 2. The number of likely N-dealkylation sites (tertiary alicyclic amines) is 1. The van der Waals surface area contributed by atoms with Crippen LogP contribution in [0.2, 0.25) is 0 Å². The van der Waals surface area contributed by atoms with Gasteiger partial charge in [-0.15, -0.1) is 0 Å². The Labute approximate surface area is 174 Å². The van der Waals surface area contributed by atoms with Crippen LogP contribution in [0.3, 0.4) is 0 Å². The largest absolute Gasteiger partial charge is 0.342 e. The first-order valence-electron chi connectivity index (χ1n) is 10.2. The summed E-state index contributed by atoms with van der Waals surface area (Å²) >= 11 is 0. The molecule has 1 saturated heterocycles. The Hall–Kier alpha value is -2.18. The zero-order chi connectivity index (χ0) is 21.0. The molecule has 156 valence electrons. The number of carbonyl (C=O) groups excluding carboxylic acids is 1. The molecule has 2 aromatic carbocycles. The Morgan fingerprint density at radius 2 is 1.48 bits per heavy atom. The highest BCUT2D eigenvalue weighted by molar-refractivity contribution is 7.89. The van der Waals surface area contributed by atoms with Gasteiger partial charge >= 0.3 is 0 Å². The van der Waals surface area contributed by atoms with Gasteiger partial charge in [-0.3, -0.25) is 4.79 Å². The number of hydrogen-bond acceptors (Lipinski definition) is 3. The van der Waals surface area contributed by atoms with Crippen LogP contribution in [0, 0.1) is 19.8 Å². The minimum atomic E-state index is -3.78. The maximum absolute atomic E-state index is 13.3. The number of sulfonamides is 1. The minimum absolute atomic E-state index is 0.125. The topological polar surface area (TPSA) is 57.7 Å². The molecule has 1 aliphatic heterocycles. The van der Waals surface area contributed by atoms with E-state index < -0.39 is 10.0 Å². The van der Waals surface area contributed by atoms with Crippen molar-refractivity contribution in [3.8, 4) is 0 Å². The van der Waals surface area contributed by atoms with Gasteiger partial charge in [-0.1, -0.05) is 54.4 Å². The summed E-state index contributed by atoms with van der Waals surface area (Å²) in [5.74, 6) is 0.485. The van der Waals surface area contributed by atoms with Crippen LogP contribution < -0.4 is 0 Å². The lowest BCUT2D eigenvalue weighted by Crippen LogP contribution is -2.45. The molecule has 2 aromatic rings. The lowest BCUT2D eigenvalue weighted by molar-refractivity contribution is -0.132. The number of carbonyl (C=O) groups is 1. The Bertz CT molecular complexity index is 929. The van der Waals surface area contributed by atoms with Crippen LogP contribution in [0.5, 0.6) is 0 Å². The van der Waals surface area contributed by atoms with Gasteiger partial charge in [-0.05, 0) is 50.3 Å². The van der Waals surface area contributed by atoms with E-state index in [1.807, 2.05) is 38.1 Å². The van der Waals surface area contributed by atoms with E-state index >= 15 is 0 Å². The summed E-state index contributed by atoms with van der Waals surface area (Å²) in [6.07, 6.45) is 1.93. The predicted molar refractivity (Wildman–Crippen MR) is 115 cm³/mol. The van der Waals surface area contributed by atoms with E-state index in [0.717, 1.165) is 29.5 Å². The van der Waals surface area contributed by atoms with Crippen LogP contribution in [-0.2, 0) is 21.4 Å². The van der Waals surface area contributed by atoms with Crippen LogP contribution in [0.1, 0.15) is 36.5 Å². The van der Waals surface area contributed by atoms with E-state index in [4.69, 9.17) is 0 Å². The summed E-state index contributed by atoms with van der Waals surface area (Å²) in [5, 5.41) is 0. The first kappa shape index (κ1) is 21.5. The summed E-state index contributed by atoms with van der Waals surface area (Å²) in [7, 11) is -3.78. The highest BCUT2D eigenvalue weighted by Crippen LogP contribution is 2.21. The highest BCUT2D eigenvalue weighted by atomic mass is 32.2. The zero-order valence-electron chi connectivity index (χ0n) is 17.5. The third-order valence-electron chi connectivity index (χ3n) is 5.59. The molecule has 1 fully saturated rings. The molecule has 6 heteroatoms. The summed E-state index contributed by atoms with van der Waals surface area (Å²) in [4.78, 5) is 14.9. The maximum Gasteiger partial charge on any atom is 0.243 e. The van der Waals surface area contributed by atoms with E-state index in [2.05, 4.69) is 6.92 Å². The fourth-order valence-electron chi connectivity index (χ4n) is 3.49. The van der Waals surface area contributed by atoms with Gasteiger partial charge in [0.2, 0.25) is 15.9 Å². The van der Waals surface area contributed by atoms with Crippen molar-refractivity contribution in [2.45, 2.75) is 45.1 Å². The van der Waals surface area contributed by atoms with E-state index in [9.17, 15) is 13.2 Å². The van der Waals surface area contributed by atoms with E-state index in [1.54, 1.807) is 29.2 Å². The molecule has 0 aromatic heterocycles. The smallest absolute Gasteiger partial charge is 0.243 e. The van der Waals surface area contributed by atoms with Crippen molar-refractivity contribution in [3.63, 3.8) is 0 Å². The number of amides is 1. The molecule has 29 heavy (non-hydrogen) atoms. The van der Waals surface area contributed by atoms with Gasteiger partial charge in [0.1, 0.15) is 0 Å². The molecule has 5 nitrogen and oxygen atoms in total. The molecule has 1 aliphatic rings. The molecule has 1 heterocycles. The van der Waals surface area contributed by atoms with Gasteiger partial charge in [0.15, 0.2) is 0 Å². The molecular weight excluding hydrogens is 384 g/mol. The zero-order valence-corrected chi connectivity index (χ0v) is 18.3. The lowest BCUT2D eigenvalue weighted by atomic mass is 9.99. The summed E-state index contributed by atoms with van der Waals surface area (Å²) in [6.45, 7) is 7.52. The Morgan fingerprint density at radius 3 is 2.03 bits per heavy atom. The molecule has 0 spiro atoms. The highest BCUT2D eigenvalue weighted by Gasteiger charge is 2.29. The fraction of sp³-hybridized carbons (Fsp3) is 0.435. The molecule has 0 N–H and O–H groups in total. The normalized spacial score (nSPS) is 15.7. The average molecular weight is 415 g/mol.